The number of hydrogen-bond acceptors (Lipinski definition) is 3. The van der Waals surface area contributed by atoms with Crippen LogP contribution in [0.3, 0.4) is 0 Å². The van der Waals surface area contributed by atoms with Gasteiger partial charge in [0.1, 0.15) is 0 Å². The highest BCUT2D eigenvalue weighted by atomic mass is 32.2. The number of aryl methyl sites for hydroxylation is 1. The minimum atomic E-state index is -3.14. The molecule has 0 amide bonds. The van der Waals surface area contributed by atoms with Crippen molar-refractivity contribution in [1.82, 2.24) is 5.32 Å². The molecule has 0 fully saturated rings. The smallest absolute Gasteiger partial charge is 0.179 e. The van der Waals surface area contributed by atoms with Gasteiger partial charge in [0.2, 0.25) is 0 Å². The lowest BCUT2D eigenvalue weighted by molar-refractivity contribution is 0.578. The molecule has 16 heavy (non-hydrogen) atoms. The highest BCUT2D eigenvalue weighted by Gasteiger charge is 2.13. The van der Waals surface area contributed by atoms with Crippen molar-refractivity contribution in [2.75, 3.05) is 12.3 Å². The van der Waals surface area contributed by atoms with Gasteiger partial charge in [0.25, 0.3) is 0 Å². The Balaban J connectivity index is 2.71. The molecule has 0 aromatic heterocycles. The van der Waals surface area contributed by atoms with Crippen molar-refractivity contribution in [2.45, 2.75) is 31.7 Å². The molecule has 0 aliphatic rings. The van der Waals surface area contributed by atoms with Crippen LogP contribution in [0.1, 0.15) is 19.4 Å². The molecule has 1 N–H and O–H groups in total. The lowest BCUT2D eigenvalue weighted by Crippen LogP contribution is -2.28. The average molecular weight is 241 g/mol. The minimum absolute atomic E-state index is 0.147. The van der Waals surface area contributed by atoms with Crippen molar-refractivity contribution >= 4 is 9.84 Å². The third-order valence-electron chi connectivity index (χ3n) is 2.27. The Bertz CT molecular complexity index is 438. The van der Waals surface area contributed by atoms with E-state index in [4.69, 9.17) is 0 Å². The summed E-state index contributed by atoms with van der Waals surface area (Å²) in [5.74, 6) is 0.147. The fourth-order valence-corrected chi connectivity index (χ4v) is 2.68. The molecule has 4 heteroatoms. The van der Waals surface area contributed by atoms with E-state index >= 15 is 0 Å². The first-order chi connectivity index (χ1) is 7.42. The number of sulfone groups is 1. The van der Waals surface area contributed by atoms with E-state index in [2.05, 4.69) is 5.32 Å². The van der Waals surface area contributed by atoms with Crippen molar-refractivity contribution in [3.8, 4) is 0 Å². The SMILES string of the molecule is Cc1cccc(S(=O)(=O)CCNC(C)C)c1. The topological polar surface area (TPSA) is 46.2 Å². The first-order valence-corrected chi connectivity index (χ1v) is 7.10. The van der Waals surface area contributed by atoms with Gasteiger partial charge in [0, 0.05) is 12.6 Å². The summed E-state index contributed by atoms with van der Waals surface area (Å²) in [6.07, 6.45) is 0. The molecule has 1 rings (SSSR count). The molecular weight excluding hydrogens is 222 g/mol. The van der Waals surface area contributed by atoms with E-state index < -0.39 is 9.84 Å². The van der Waals surface area contributed by atoms with Crippen LogP contribution in [-0.4, -0.2) is 26.8 Å². The van der Waals surface area contributed by atoms with Crippen molar-refractivity contribution in [2.24, 2.45) is 0 Å². The van der Waals surface area contributed by atoms with Crippen molar-refractivity contribution in [1.29, 1.82) is 0 Å². The molecule has 3 nitrogen and oxygen atoms in total. The zero-order chi connectivity index (χ0) is 12.2. The van der Waals surface area contributed by atoms with Crippen molar-refractivity contribution in [3.63, 3.8) is 0 Å². The van der Waals surface area contributed by atoms with Gasteiger partial charge in [0.05, 0.1) is 10.6 Å². The zero-order valence-corrected chi connectivity index (χ0v) is 10.8. The van der Waals surface area contributed by atoms with Crippen LogP contribution in [0.25, 0.3) is 0 Å². The molecule has 0 heterocycles. The summed E-state index contributed by atoms with van der Waals surface area (Å²) in [6.45, 7) is 6.39. The molecule has 1 aromatic carbocycles. The predicted molar refractivity (Wildman–Crippen MR) is 66.4 cm³/mol. The van der Waals surface area contributed by atoms with Gasteiger partial charge in [0.15, 0.2) is 9.84 Å². The average Bonchev–Trinajstić information content (AvgIpc) is 2.16. The van der Waals surface area contributed by atoms with Crippen LogP contribution in [0.4, 0.5) is 0 Å². The largest absolute Gasteiger partial charge is 0.314 e. The monoisotopic (exact) mass is 241 g/mol. The number of hydrogen-bond donors (Lipinski definition) is 1. The number of nitrogens with one attached hydrogen (secondary N) is 1. The Morgan fingerprint density at radius 3 is 2.56 bits per heavy atom. The molecule has 0 unspecified atom stereocenters. The van der Waals surface area contributed by atoms with E-state index in [9.17, 15) is 8.42 Å². The van der Waals surface area contributed by atoms with E-state index in [-0.39, 0.29) is 5.75 Å². The van der Waals surface area contributed by atoms with Gasteiger partial charge >= 0.3 is 0 Å². The van der Waals surface area contributed by atoms with Crippen molar-refractivity contribution in [3.05, 3.63) is 29.8 Å². The number of rotatable bonds is 5. The summed E-state index contributed by atoms with van der Waals surface area (Å²) in [7, 11) is -3.14. The Kier molecular flexibility index (Phi) is 4.50. The van der Waals surface area contributed by atoms with Crippen LogP contribution in [0, 0.1) is 6.92 Å². The lowest BCUT2D eigenvalue weighted by Gasteiger charge is -2.09. The first kappa shape index (κ1) is 13.2. The fourth-order valence-electron chi connectivity index (χ4n) is 1.41. The van der Waals surface area contributed by atoms with E-state index in [0.29, 0.717) is 17.5 Å². The summed E-state index contributed by atoms with van der Waals surface area (Å²) >= 11 is 0. The van der Waals surface area contributed by atoms with Crippen molar-refractivity contribution < 1.29 is 8.42 Å². The van der Waals surface area contributed by atoms with Crippen LogP contribution < -0.4 is 5.32 Å². The van der Waals surface area contributed by atoms with Crippen LogP contribution >= 0.6 is 0 Å². The molecule has 0 radical (unpaired) electrons. The minimum Gasteiger partial charge on any atom is -0.314 e. The standard InChI is InChI=1S/C12H19NO2S/c1-10(2)13-7-8-16(14,15)12-6-4-5-11(3)9-12/h4-6,9-10,13H,7-8H2,1-3H3. The molecule has 0 spiro atoms. The van der Waals surface area contributed by atoms with Gasteiger partial charge < -0.3 is 5.32 Å². The zero-order valence-electron chi connectivity index (χ0n) is 10.0. The van der Waals surface area contributed by atoms with E-state index in [1.54, 1.807) is 18.2 Å². The van der Waals surface area contributed by atoms with Gasteiger partial charge in [-0.05, 0) is 24.6 Å². The Hall–Kier alpha value is -0.870. The molecule has 0 saturated heterocycles. The molecular formula is C12H19NO2S. The maximum Gasteiger partial charge on any atom is 0.179 e. The van der Waals surface area contributed by atoms with Crippen LogP contribution in [0.15, 0.2) is 29.2 Å². The molecule has 0 aliphatic carbocycles. The molecule has 0 atom stereocenters. The summed E-state index contributed by atoms with van der Waals surface area (Å²) < 4.78 is 23.9. The molecule has 0 bridgehead atoms. The molecule has 0 saturated carbocycles. The van der Waals surface area contributed by atoms with Gasteiger partial charge in [-0.3, -0.25) is 0 Å². The Labute approximate surface area is 97.8 Å². The van der Waals surface area contributed by atoms with Gasteiger partial charge in [-0.1, -0.05) is 26.0 Å². The normalized spacial score (nSPS) is 12.0. The quantitative estimate of drug-likeness (QED) is 0.854. The second-order valence-electron chi connectivity index (χ2n) is 4.24. The summed E-state index contributed by atoms with van der Waals surface area (Å²) in [5, 5.41) is 3.11. The lowest BCUT2D eigenvalue weighted by atomic mass is 10.2. The second kappa shape index (κ2) is 5.46. The van der Waals surface area contributed by atoms with Crippen LogP contribution in [-0.2, 0) is 9.84 Å². The summed E-state index contributed by atoms with van der Waals surface area (Å²) in [6, 6.07) is 7.35. The Morgan fingerprint density at radius 1 is 1.31 bits per heavy atom. The Morgan fingerprint density at radius 2 is 2.00 bits per heavy atom. The maximum absolute atomic E-state index is 11.9. The molecule has 90 valence electrons. The van der Waals surface area contributed by atoms with E-state index in [1.807, 2.05) is 26.8 Å². The number of benzene rings is 1. The van der Waals surface area contributed by atoms with Crippen LogP contribution in [0.5, 0.6) is 0 Å². The summed E-state index contributed by atoms with van der Waals surface area (Å²) in [5.41, 5.74) is 0.970. The third-order valence-corrected chi connectivity index (χ3v) is 3.99. The molecule has 0 aliphatic heterocycles. The summed E-state index contributed by atoms with van der Waals surface area (Å²) in [4.78, 5) is 0.415. The highest BCUT2D eigenvalue weighted by molar-refractivity contribution is 7.91. The highest BCUT2D eigenvalue weighted by Crippen LogP contribution is 2.12. The van der Waals surface area contributed by atoms with Gasteiger partial charge in [-0.25, -0.2) is 8.42 Å². The van der Waals surface area contributed by atoms with E-state index in [0.717, 1.165) is 5.56 Å². The van der Waals surface area contributed by atoms with E-state index in [1.165, 1.54) is 0 Å². The first-order valence-electron chi connectivity index (χ1n) is 5.44. The predicted octanol–water partition coefficient (Wildman–Crippen LogP) is 1.77. The fraction of sp³-hybridized carbons (Fsp3) is 0.500. The van der Waals surface area contributed by atoms with Gasteiger partial charge in [-0.15, -0.1) is 0 Å². The van der Waals surface area contributed by atoms with Crippen LogP contribution in [0.2, 0.25) is 0 Å². The second-order valence-corrected chi connectivity index (χ2v) is 6.35. The van der Waals surface area contributed by atoms with Gasteiger partial charge in [-0.2, -0.15) is 0 Å². The molecule has 1 aromatic rings. The maximum atomic E-state index is 11.9. The third kappa shape index (κ3) is 3.94.